The molecule has 0 fully saturated rings. The summed E-state index contributed by atoms with van der Waals surface area (Å²) in [6.07, 6.45) is 0. The summed E-state index contributed by atoms with van der Waals surface area (Å²) >= 11 is 0. The highest BCUT2D eigenvalue weighted by atomic mass is 16.6. The van der Waals surface area contributed by atoms with Gasteiger partial charge < -0.3 is 5.32 Å². The second kappa shape index (κ2) is 5.34. The monoisotopic (exact) mass is 311 g/mol. The van der Waals surface area contributed by atoms with Crippen LogP contribution in [0.3, 0.4) is 0 Å². The Morgan fingerprint density at radius 3 is 2.48 bits per heavy atom. The number of hydrogen-bond donors (Lipinski definition) is 2. The minimum atomic E-state index is -0.679. The van der Waals surface area contributed by atoms with Crippen molar-refractivity contribution in [2.75, 3.05) is 5.32 Å². The molecule has 0 saturated heterocycles. The topological polar surface area (TPSA) is 118 Å². The Bertz CT molecular complexity index is 875. The maximum atomic E-state index is 12.2. The zero-order valence-electron chi connectivity index (χ0n) is 11.5. The molecule has 114 valence electrons. The molecule has 0 saturated carbocycles. The molecule has 2 N–H and O–H groups in total. The fourth-order valence-corrected chi connectivity index (χ4v) is 2.27. The Hall–Kier alpha value is -3.55. The number of nitro groups is 1. The smallest absolute Gasteiger partial charge is 0.282 e. The summed E-state index contributed by atoms with van der Waals surface area (Å²) in [6, 6.07) is 9.73. The molecule has 0 spiro atoms. The van der Waals surface area contributed by atoms with Gasteiger partial charge in [-0.05, 0) is 24.3 Å². The average molecular weight is 311 g/mol. The largest absolute Gasteiger partial charge is 0.322 e. The molecule has 0 bridgehead atoms. The van der Waals surface area contributed by atoms with Crippen molar-refractivity contribution < 1.29 is 19.3 Å². The molecular weight excluding hydrogens is 302 g/mol. The number of amides is 3. The van der Waals surface area contributed by atoms with Crippen LogP contribution in [0.15, 0.2) is 42.5 Å². The van der Waals surface area contributed by atoms with Crippen LogP contribution in [0.2, 0.25) is 0 Å². The predicted molar refractivity (Wildman–Crippen MR) is 79.3 cm³/mol. The Labute approximate surface area is 129 Å². The lowest BCUT2D eigenvalue weighted by Gasteiger charge is -2.06. The maximum absolute atomic E-state index is 12.2. The first-order valence-corrected chi connectivity index (χ1v) is 6.52. The number of nitrogens with zero attached hydrogens (tertiary/aromatic N) is 1. The summed E-state index contributed by atoms with van der Waals surface area (Å²) in [5.74, 6) is -1.73. The van der Waals surface area contributed by atoms with Crippen molar-refractivity contribution in [3.63, 3.8) is 0 Å². The minimum absolute atomic E-state index is 0.0986. The van der Waals surface area contributed by atoms with E-state index in [4.69, 9.17) is 0 Å². The van der Waals surface area contributed by atoms with Crippen LogP contribution in [-0.4, -0.2) is 22.6 Å². The Morgan fingerprint density at radius 1 is 1.04 bits per heavy atom. The van der Waals surface area contributed by atoms with Gasteiger partial charge in [0.05, 0.1) is 16.1 Å². The number of anilines is 1. The number of carbonyl (C=O) groups excluding carboxylic acids is 3. The third-order valence-corrected chi connectivity index (χ3v) is 3.34. The number of benzene rings is 2. The first-order valence-electron chi connectivity index (χ1n) is 6.52. The van der Waals surface area contributed by atoms with Gasteiger partial charge in [-0.3, -0.25) is 29.8 Å². The third-order valence-electron chi connectivity index (χ3n) is 3.34. The minimum Gasteiger partial charge on any atom is -0.322 e. The van der Waals surface area contributed by atoms with E-state index in [1.807, 2.05) is 0 Å². The van der Waals surface area contributed by atoms with E-state index in [9.17, 15) is 24.5 Å². The molecule has 1 heterocycles. The van der Waals surface area contributed by atoms with Gasteiger partial charge in [-0.25, -0.2) is 0 Å². The summed E-state index contributed by atoms with van der Waals surface area (Å²) in [4.78, 5) is 45.5. The maximum Gasteiger partial charge on any atom is 0.282 e. The van der Waals surface area contributed by atoms with Crippen LogP contribution < -0.4 is 10.6 Å². The number of imide groups is 1. The van der Waals surface area contributed by atoms with Crippen molar-refractivity contribution in [1.82, 2.24) is 5.32 Å². The number of nitrogens with one attached hydrogen (secondary N) is 2. The summed E-state index contributed by atoms with van der Waals surface area (Å²) in [5, 5.41) is 15.6. The van der Waals surface area contributed by atoms with Gasteiger partial charge in [0, 0.05) is 11.8 Å². The SMILES string of the molecule is O=C1NC(=O)c2cc(NC(=O)c3ccccc3[N+](=O)[O-])ccc21. The summed E-state index contributed by atoms with van der Waals surface area (Å²) < 4.78 is 0. The molecule has 1 aliphatic rings. The number of para-hydroxylation sites is 1. The van der Waals surface area contributed by atoms with Gasteiger partial charge in [0.25, 0.3) is 23.4 Å². The molecule has 23 heavy (non-hydrogen) atoms. The summed E-state index contributed by atoms with van der Waals surface area (Å²) in [7, 11) is 0. The average Bonchev–Trinajstić information content (AvgIpc) is 2.81. The van der Waals surface area contributed by atoms with E-state index >= 15 is 0 Å². The highest BCUT2D eigenvalue weighted by molar-refractivity contribution is 6.22. The van der Waals surface area contributed by atoms with Crippen LogP contribution in [0.5, 0.6) is 0 Å². The van der Waals surface area contributed by atoms with Crippen molar-refractivity contribution in [3.05, 3.63) is 69.3 Å². The molecule has 2 aromatic rings. The van der Waals surface area contributed by atoms with Crippen molar-refractivity contribution >= 4 is 29.1 Å². The predicted octanol–water partition coefficient (Wildman–Crippen LogP) is 1.73. The zero-order valence-corrected chi connectivity index (χ0v) is 11.5. The molecule has 0 aromatic heterocycles. The molecule has 1 aliphatic heterocycles. The zero-order chi connectivity index (χ0) is 16.6. The summed E-state index contributed by atoms with van der Waals surface area (Å²) in [5.41, 5.74) is 0.211. The lowest BCUT2D eigenvalue weighted by atomic mass is 10.1. The van der Waals surface area contributed by atoms with E-state index in [2.05, 4.69) is 10.6 Å². The van der Waals surface area contributed by atoms with Crippen molar-refractivity contribution in [2.24, 2.45) is 0 Å². The molecule has 2 aromatic carbocycles. The molecule has 0 unspecified atom stereocenters. The summed E-state index contributed by atoms with van der Waals surface area (Å²) in [6.45, 7) is 0. The molecule has 3 amide bonds. The number of hydrogen-bond acceptors (Lipinski definition) is 5. The lowest BCUT2D eigenvalue weighted by Crippen LogP contribution is -2.19. The standard InChI is InChI=1S/C15H9N3O5/c19-13-9-6-5-8(7-11(9)15(21)17-13)16-14(20)10-3-1-2-4-12(10)18(22)23/h1-7H,(H,16,20)(H,17,19,21). The van der Waals surface area contributed by atoms with E-state index in [1.54, 1.807) is 0 Å². The van der Waals surface area contributed by atoms with Crippen LogP contribution in [-0.2, 0) is 0 Å². The highest BCUT2D eigenvalue weighted by Gasteiger charge is 2.27. The number of nitro benzene ring substituents is 1. The lowest BCUT2D eigenvalue weighted by molar-refractivity contribution is -0.385. The van der Waals surface area contributed by atoms with Gasteiger partial charge in [-0.15, -0.1) is 0 Å². The quantitative estimate of drug-likeness (QED) is 0.508. The molecule has 8 heteroatoms. The fraction of sp³-hybridized carbons (Fsp3) is 0. The normalized spacial score (nSPS) is 12.5. The van der Waals surface area contributed by atoms with Crippen molar-refractivity contribution in [3.8, 4) is 0 Å². The second-order valence-electron chi connectivity index (χ2n) is 4.77. The van der Waals surface area contributed by atoms with Gasteiger partial charge in [-0.2, -0.15) is 0 Å². The molecule has 0 aliphatic carbocycles. The van der Waals surface area contributed by atoms with Crippen molar-refractivity contribution in [1.29, 1.82) is 0 Å². The van der Waals surface area contributed by atoms with Crippen molar-refractivity contribution in [2.45, 2.75) is 0 Å². The Kier molecular flexibility index (Phi) is 3.34. The van der Waals surface area contributed by atoms with Gasteiger partial charge >= 0.3 is 0 Å². The molecule has 8 nitrogen and oxygen atoms in total. The third kappa shape index (κ3) is 2.53. The Morgan fingerprint density at radius 2 is 1.74 bits per heavy atom. The molecule has 3 rings (SSSR count). The van der Waals surface area contributed by atoms with Gasteiger partial charge in [0.2, 0.25) is 0 Å². The van der Waals surface area contributed by atoms with Gasteiger partial charge in [0.15, 0.2) is 0 Å². The van der Waals surface area contributed by atoms with E-state index in [-0.39, 0.29) is 28.1 Å². The Balaban J connectivity index is 1.90. The van der Waals surface area contributed by atoms with Crippen LogP contribution >= 0.6 is 0 Å². The molecule has 0 radical (unpaired) electrons. The number of carbonyl (C=O) groups is 3. The van der Waals surface area contributed by atoms with Gasteiger partial charge in [-0.1, -0.05) is 12.1 Å². The molecule has 0 atom stereocenters. The number of fused-ring (bicyclic) bond motifs is 1. The second-order valence-corrected chi connectivity index (χ2v) is 4.77. The van der Waals surface area contributed by atoms with E-state index in [0.29, 0.717) is 0 Å². The van der Waals surface area contributed by atoms with Crippen LogP contribution in [0.4, 0.5) is 11.4 Å². The van der Waals surface area contributed by atoms with E-state index in [0.717, 1.165) is 0 Å². The number of rotatable bonds is 3. The van der Waals surface area contributed by atoms with Gasteiger partial charge in [0.1, 0.15) is 5.56 Å². The van der Waals surface area contributed by atoms with Crippen LogP contribution in [0.1, 0.15) is 31.1 Å². The van der Waals surface area contributed by atoms with E-state index < -0.39 is 22.6 Å². The highest BCUT2D eigenvalue weighted by Crippen LogP contribution is 2.23. The van der Waals surface area contributed by atoms with Crippen LogP contribution in [0.25, 0.3) is 0 Å². The molecular formula is C15H9N3O5. The first-order chi connectivity index (χ1) is 11.0. The first kappa shape index (κ1) is 14.4. The van der Waals surface area contributed by atoms with E-state index in [1.165, 1.54) is 42.5 Å². The fourth-order valence-electron chi connectivity index (χ4n) is 2.27. The van der Waals surface area contributed by atoms with Crippen LogP contribution in [0, 0.1) is 10.1 Å².